The van der Waals surface area contributed by atoms with E-state index in [0.717, 1.165) is 11.3 Å². The van der Waals surface area contributed by atoms with Crippen LogP contribution in [0.5, 0.6) is 5.75 Å². The molecule has 1 heterocycles. The molecular formula is C13H16N2O4. The number of carbonyl (C=O) groups is 2. The third kappa shape index (κ3) is 3.23. The summed E-state index contributed by atoms with van der Waals surface area (Å²) in [7, 11) is 0. The number of carbonyl (C=O) groups excluding carboxylic acids is 1. The van der Waals surface area contributed by atoms with Crippen LogP contribution in [0.3, 0.4) is 0 Å². The fourth-order valence-electron chi connectivity index (χ4n) is 2.05. The number of carboxylic acid groups (broad SMARTS) is 1. The highest BCUT2D eigenvalue weighted by Crippen LogP contribution is 2.31. The average molecular weight is 264 g/mol. The number of para-hydroxylation sites is 1. The van der Waals surface area contributed by atoms with Crippen LogP contribution in [0.2, 0.25) is 0 Å². The number of nitrogens with two attached hydrogens (primary N) is 1. The lowest BCUT2D eigenvalue weighted by atomic mass is 10.00. The summed E-state index contributed by atoms with van der Waals surface area (Å²) in [5.41, 5.74) is 6.42. The van der Waals surface area contributed by atoms with Gasteiger partial charge in [0.1, 0.15) is 5.75 Å². The molecule has 2 rings (SSSR count). The van der Waals surface area contributed by atoms with Crippen LogP contribution in [0.1, 0.15) is 24.4 Å². The number of benzene rings is 1. The molecule has 6 heteroatoms. The molecule has 1 aliphatic rings. The van der Waals surface area contributed by atoms with Crippen LogP contribution in [0.4, 0.5) is 0 Å². The first-order valence-corrected chi connectivity index (χ1v) is 6.07. The van der Waals surface area contributed by atoms with Crippen molar-refractivity contribution in [1.29, 1.82) is 0 Å². The predicted octanol–water partition coefficient (Wildman–Crippen LogP) is 0.428. The van der Waals surface area contributed by atoms with Gasteiger partial charge in [-0.1, -0.05) is 18.2 Å². The van der Waals surface area contributed by atoms with Gasteiger partial charge in [0.25, 0.3) is 0 Å². The van der Waals surface area contributed by atoms with Gasteiger partial charge in [-0.15, -0.1) is 0 Å². The van der Waals surface area contributed by atoms with Gasteiger partial charge < -0.3 is 20.9 Å². The molecule has 2 atom stereocenters. The number of fused-ring (bicyclic) bond motifs is 1. The molecule has 4 N–H and O–H groups in total. The molecule has 6 nitrogen and oxygen atoms in total. The summed E-state index contributed by atoms with van der Waals surface area (Å²) in [6, 6.07) is 6.22. The van der Waals surface area contributed by atoms with Crippen LogP contribution in [-0.4, -0.2) is 29.6 Å². The molecule has 0 bridgehead atoms. The van der Waals surface area contributed by atoms with E-state index in [-0.39, 0.29) is 12.5 Å². The number of amides is 1. The monoisotopic (exact) mass is 264 g/mol. The van der Waals surface area contributed by atoms with E-state index in [1.165, 1.54) is 0 Å². The van der Waals surface area contributed by atoms with E-state index in [2.05, 4.69) is 5.32 Å². The Kier molecular flexibility index (Phi) is 4.01. The summed E-state index contributed by atoms with van der Waals surface area (Å²) in [5.74, 6) is -0.801. The van der Waals surface area contributed by atoms with E-state index in [1.807, 2.05) is 24.3 Å². The lowest BCUT2D eigenvalue weighted by Crippen LogP contribution is -2.44. The number of rotatable bonds is 4. The highest BCUT2D eigenvalue weighted by atomic mass is 16.5. The normalized spacial score (nSPS) is 18.9. The number of ether oxygens (including phenoxy) is 1. The Hall–Kier alpha value is -2.08. The first-order valence-electron chi connectivity index (χ1n) is 6.07. The maximum absolute atomic E-state index is 11.8. The number of nitrogens with one attached hydrogen (secondary N) is 1. The highest BCUT2D eigenvalue weighted by molar-refractivity contribution is 5.86. The summed E-state index contributed by atoms with van der Waals surface area (Å²) in [6.07, 6.45) is 0.263. The van der Waals surface area contributed by atoms with Crippen LogP contribution in [0.25, 0.3) is 0 Å². The molecule has 19 heavy (non-hydrogen) atoms. The minimum Gasteiger partial charge on any atom is -0.493 e. The standard InChI is InChI=1S/C13H16N2O4/c14-9(7-12(16)17)13(18)15-10-5-6-19-11-4-2-1-3-8(10)11/h1-4,9-10H,5-7,14H2,(H,15,18)(H,16,17). The van der Waals surface area contributed by atoms with Gasteiger partial charge in [0.2, 0.25) is 5.91 Å². The minimum atomic E-state index is -1.09. The molecule has 0 saturated carbocycles. The highest BCUT2D eigenvalue weighted by Gasteiger charge is 2.25. The van der Waals surface area contributed by atoms with Crippen molar-refractivity contribution >= 4 is 11.9 Å². The van der Waals surface area contributed by atoms with E-state index < -0.39 is 17.9 Å². The summed E-state index contributed by atoms with van der Waals surface area (Å²) in [4.78, 5) is 22.3. The zero-order valence-electron chi connectivity index (χ0n) is 10.3. The first kappa shape index (κ1) is 13.4. The summed E-state index contributed by atoms with van der Waals surface area (Å²) < 4.78 is 5.48. The van der Waals surface area contributed by atoms with Crippen LogP contribution in [-0.2, 0) is 9.59 Å². The van der Waals surface area contributed by atoms with Crippen molar-refractivity contribution in [2.75, 3.05) is 6.61 Å². The quantitative estimate of drug-likeness (QED) is 0.732. The minimum absolute atomic E-state index is 0.183. The Morgan fingerprint density at radius 3 is 2.95 bits per heavy atom. The summed E-state index contributed by atoms with van der Waals surface area (Å²) in [5, 5.41) is 11.4. The molecule has 1 amide bonds. The fourth-order valence-corrected chi connectivity index (χ4v) is 2.05. The van der Waals surface area contributed by atoms with Gasteiger partial charge in [0.05, 0.1) is 25.1 Å². The number of hydrogen-bond donors (Lipinski definition) is 3. The zero-order chi connectivity index (χ0) is 13.8. The van der Waals surface area contributed by atoms with Gasteiger partial charge in [-0.3, -0.25) is 9.59 Å². The van der Waals surface area contributed by atoms with Gasteiger partial charge in [0.15, 0.2) is 0 Å². The third-order valence-electron chi connectivity index (χ3n) is 3.01. The largest absolute Gasteiger partial charge is 0.493 e. The van der Waals surface area contributed by atoms with E-state index in [9.17, 15) is 9.59 Å². The molecular weight excluding hydrogens is 248 g/mol. The van der Waals surface area contributed by atoms with Crippen LogP contribution >= 0.6 is 0 Å². The Bertz CT molecular complexity index is 489. The van der Waals surface area contributed by atoms with Crippen molar-refractivity contribution in [2.45, 2.75) is 24.9 Å². The zero-order valence-corrected chi connectivity index (χ0v) is 10.3. The molecule has 2 unspecified atom stereocenters. The van der Waals surface area contributed by atoms with Crippen LogP contribution in [0, 0.1) is 0 Å². The Morgan fingerprint density at radius 2 is 2.21 bits per heavy atom. The number of aliphatic carboxylic acids is 1. The number of carboxylic acids is 1. The molecule has 0 fully saturated rings. The van der Waals surface area contributed by atoms with E-state index in [4.69, 9.17) is 15.6 Å². The second kappa shape index (κ2) is 5.71. The van der Waals surface area contributed by atoms with Gasteiger partial charge >= 0.3 is 5.97 Å². The molecule has 0 aromatic heterocycles. The maximum atomic E-state index is 11.8. The smallest absolute Gasteiger partial charge is 0.305 e. The van der Waals surface area contributed by atoms with Crippen molar-refractivity contribution < 1.29 is 19.4 Å². The van der Waals surface area contributed by atoms with E-state index >= 15 is 0 Å². The summed E-state index contributed by atoms with van der Waals surface area (Å²) in [6.45, 7) is 0.510. The lowest BCUT2D eigenvalue weighted by molar-refractivity contribution is -0.139. The summed E-state index contributed by atoms with van der Waals surface area (Å²) >= 11 is 0. The molecule has 1 aromatic carbocycles. The van der Waals surface area contributed by atoms with Crippen LogP contribution in [0.15, 0.2) is 24.3 Å². The molecule has 0 aliphatic carbocycles. The Balaban J connectivity index is 2.04. The van der Waals surface area contributed by atoms with Crippen molar-refractivity contribution in [3.8, 4) is 5.75 Å². The second-order valence-corrected chi connectivity index (χ2v) is 4.44. The Morgan fingerprint density at radius 1 is 1.47 bits per heavy atom. The SMILES string of the molecule is NC(CC(=O)O)C(=O)NC1CCOc2ccccc21. The molecule has 1 aliphatic heterocycles. The van der Waals surface area contributed by atoms with Crippen molar-refractivity contribution in [1.82, 2.24) is 5.32 Å². The van der Waals surface area contributed by atoms with Crippen molar-refractivity contribution in [3.05, 3.63) is 29.8 Å². The Labute approximate surface area is 110 Å². The molecule has 0 spiro atoms. The van der Waals surface area contributed by atoms with Gasteiger partial charge in [-0.25, -0.2) is 0 Å². The van der Waals surface area contributed by atoms with Gasteiger partial charge in [-0.05, 0) is 6.07 Å². The van der Waals surface area contributed by atoms with Gasteiger partial charge in [0, 0.05) is 12.0 Å². The van der Waals surface area contributed by atoms with E-state index in [0.29, 0.717) is 13.0 Å². The molecule has 0 saturated heterocycles. The van der Waals surface area contributed by atoms with Crippen molar-refractivity contribution in [3.63, 3.8) is 0 Å². The fraction of sp³-hybridized carbons (Fsp3) is 0.385. The lowest BCUT2D eigenvalue weighted by Gasteiger charge is -2.27. The molecule has 1 aromatic rings. The molecule has 102 valence electrons. The van der Waals surface area contributed by atoms with E-state index in [1.54, 1.807) is 0 Å². The van der Waals surface area contributed by atoms with Gasteiger partial charge in [-0.2, -0.15) is 0 Å². The third-order valence-corrected chi connectivity index (χ3v) is 3.01. The number of hydrogen-bond acceptors (Lipinski definition) is 4. The predicted molar refractivity (Wildman–Crippen MR) is 67.7 cm³/mol. The second-order valence-electron chi connectivity index (χ2n) is 4.44. The van der Waals surface area contributed by atoms with Crippen LogP contribution < -0.4 is 15.8 Å². The maximum Gasteiger partial charge on any atom is 0.305 e. The average Bonchev–Trinajstić information content (AvgIpc) is 2.38. The van der Waals surface area contributed by atoms with Crippen molar-refractivity contribution in [2.24, 2.45) is 5.73 Å². The topological polar surface area (TPSA) is 102 Å². The molecule has 0 radical (unpaired) electrons. The first-order chi connectivity index (χ1) is 9.08.